The Kier molecular flexibility index (Phi) is 12.7. The maximum atomic E-state index is 12.3. The molecule has 33 heavy (non-hydrogen) atoms. The second-order valence-corrected chi connectivity index (χ2v) is 11.2. The van der Waals surface area contributed by atoms with E-state index in [1.807, 2.05) is 12.1 Å². The smallest absolute Gasteiger partial charge is 0.332 e. The predicted molar refractivity (Wildman–Crippen MR) is 140 cm³/mol. The van der Waals surface area contributed by atoms with Crippen LogP contribution in [-0.4, -0.2) is 33.3 Å². The first-order valence-corrected chi connectivity index (χ1v) is 14.8. The third kappa shape index (κ3) is 10.8. The maximum absolute atomic E-state index is 12.3. The van der Waals surface area contributed by atoms with Crippen LogP contribution in [0.15, 0.2) is 18.2 Å². The number of benzene rings is 1. The quantitative estimate of drug-likeness (QED) is 0.261. The van der Waals surface area contributed by atoms with E-state index in [0.717, 1.165) is 45.2 Å². The summed E-state index contributed by atoms with van der Waals surface area (Å²) in [5, 5.41) is 2.71. The molecule has 1 aromatic carbocycles. The van der Waals surface area contributed by atoms with Crippen molar-refractivity contribution in [1.82, 2.24) is 4.72 Å². The summed E-state index contributed by atoms with van der Waals surface area (Å²) in [5.41, 5.74) is 3.11. The summed E-state index contributed by atoms with van der Waals surface area (Å²) >= 11 is 0. The lowest BCUT2D eigenvalue weighted by Crippen LogP contribution is -2.36. The number of unbranched alkanes of at least 4 members (excludes halogenated alkanes) is 10. The van der Waals surface area contributed by atoms with E-state index in [2.05, 4.69) is 34.9 Å². The van der Waals surface area contributed by atoms with Gasteiger partial charge in [-0.1, -0.05) is 78.1 Å². The van der Waals surface area contributed by atoms with Crippen molar-refractivity contribution < 1.29 is 13.2 Å². The molecule has 2 N–H and O–H groups in total. The number of nitrogens with zero attached hydrogens (tertiary/aromatic N) is 1. The van der Waals surface area contributed by atoms with Crippen molar-refractivity contribution in [2.24, 2.45) is 0 Å². The molecule has 0 aromatic heterocycles. The van der Waals surface area contributed by atoms with Crippen LogP contribution >= 0.6 is 0 Å². The molecule has 1 aliphatic heterocycles. The number of fused-ring (bicyclic) bond motifs is 1. The van der Waals surface area contributed by atoms with Gasteiger partial charge in [-0.15, -0.1) is 0 Å². The topological polar surface area (TPSA) is 78.5 Å². The van der Waals surface area contributed by atoms with Crippen LogP contribution < -0.4 is 14.9 Å². The van der Waals surface area contributed by atoms with E-state index in [-0.39, 0.29) is 5.75 Å². The third-order valence-corrected chi connectivity index (χ3v) is 7.67. The molecule has 2 rings (SSSR count). The number of urea groups is 1. The zero-order chi connectivity index (χ0) is 23.9. The van der Waals surface area contributed by atoms with Crippen LogP contribution in [-0.2, 0) is 16.4 Å². The van der Waals surface area contributed by atoms with Crippen molar-refractivity contribution >= 4 is 27.4 Å². The monoisotopic (exact) mass is 479 g/mol. The fourth-order valence-electron chi connectivity index (χ4n) is 4.49. The van der Waals surface area contributed by atoms with Gasteiger partial charge >= 0.3 is 6.03 Å². The molecule has 0 radical (unpaired) electrons. The SMILES string of the molecule is CCCCCCCCN1CCCc2cc(NC(=O)NS(=O)(=O)CCCCCCCC)ccc21. The molecule has 1 heterocycles. The van der Waals surface area contributed by atoms with Gasteiger partial charge in [0.2, 0.25) is 10.0 Å². The number of rotatable bonds is 16. The molecule has 0 saturated carbocycles. The summed E-state index contributed by atoms with van der Waals surface area (Å²) in [4.78, 5) is 14.7. The van der Waals surface area contributed by atoms with Crippen molar-refractivity contribution in [1.29, 1.82) is 0 Å². The van der Waals surface area contributed by atoms with Gasteiger partial charge in [-0.25, -0.2) is 17.9 Å². The lowest BCUT2D eigenvalue weighted by molar-refractivity contribution is 0.256. The standard InChI is InChI=1S/C26H45N3O3S/c1-3-5-7-9-11-13-19-29-20-15-16-23-22-24(17-18-25(23)29)27-26(30)28-33(31,32)21-14-12-10-8-6-4-2/h17-18,22H,3-16,19-21H2,1-2H3,(H2,27,28,30). The molecule has 0 unspecified atom stereocenters. The normalized spacial score (nSPS) is 13.6. The number of hydrogen-bond acceptors (Lipinski definition) is 4. The zero-order valence-electron chi connectivity index (χ0n) is 20.8. The van der Waals surface area contributed by atoms with Gasteiger partial charge in [0.05, 0.1) is 5.75 Å². The molecule has 0 saturated heterocycles. The molecule has 188 valence electrons. The van der Waals surface area contributed by atoms with Crippen LogP contribution in [0, 0.1) is 0 Å². The minimum Gasteiger partial charge on any atom is -0.371 e. The Morgan fingerprint density at radius 2 is 1.55 bits per heavy atom. The van der Waals surface area contributed by atoms with Crippen molar-refractivity contribution in [3.8, 4) is 0 Å². The van der Waals surface area contributed by atoms with Crippen LogP contribution in [0.5, 0.6) is 0 Å². The summed E-state index contributed by atoms with van der Waals surface area (Å²) in [6.07, 6.45) is 15.8. The van der Waals surface area contributed by atoms with Gasteiger partial charge in [-0.3, -0.25) is 0 Å². The van der Waals surface area contributed by atoms with Gasteiger partial charge in [0.15, 0.2) is 0 Å². The van der Waals surface area contributed by atoms with E-state index in [4.69, 9.17) is 0 Å². The summed E-state index contributed by atoms with van der Waals surface area (Å²) in [6.45, 7) is 6.55. The highest BCUT2D eigenvalue weighted by molar-refractivity contribution is 7.90. The molecule has 6 nitrogen and oxygen atoms in total. The minimum atomic E-state index is -3.61. The molecule has 1 aliphatic rings. The van der Waals surface area contributed by atoms with E-state index in [9.17, 15) is 13.2 Å². The zero-order valence-corrected chi connectivity index (χ0v) is 21.6. The van der Waals surface area contributed by atoms with Gasteiger partial charge in [0, 0.05) is 24.5 Å². The molecule has 0 fully saturated rings. The Morgan fingerprint density at radius 1 is 0.909 bits per heavy atom. The molecule has 0 bridgehead atoms. The number of hydrogen-bond donors (Lipinski definition) is 2. The minimum absolute atomic E-state index is 0.00978. The van der Waals surface area contributed by atoms with Gasteiger partial charge in [-0.05, 0) is 49.4 Å². The fourth-order valence-corrected chi connectivity index (χ4v) is 5.51. The van der Waals surface area contributed by atoms with E-state index < -0.39 is 16.1 Å². The summed E-state index contributed by atoms with van der Waals surface area (Å²) in [5.74, 6) is -0.00978. The third-order valence-electron chi connectivity index (χ3n) is 6.35. The van der Waals surface area contributed by atoms with Gasteiger partial charge in [0.25, 0.3) is 0 Å². The first kappa shape index (κ1) is 27.5. The van der Waals surface area contributed by atoms with Crippen molar-refractivity contribution in [2.45, 2.75) is 104 Å². The van der Waals surface area contributed by atoms with Gasteiger partial charge < -0.3 is 10.2 Å². The van der Waals surface area contributed by atoms with Gasteiger partial charge in [0.1, 0.15) is 0 Å². The first-order chi connectivity index (χ1) is 15.9. The van der Waals surface area contributed by atoms with Crippen molar-refractivity contribution in [3.05, 3.63) is 23.8 Å². The highest BCUT2D eigenvalue weighted by atomic mass is 32.2. The van der Waals surface area contributed by atoms with Crippen LogP contribution in [0.25, 0.3) is 0 Å². The lowest BCUT2D eigenvalue weighted by atomic mass is 10.0. The van der Waals surface area contributed by atoms with Crippen molar-refractivity contribution in [3.63, 3.8) is 0 Å². The second-order valence-electron chi connectivity index (χ2n) is 9.34. The highest BCUT2D eigenvalue weighted by Gasteiger charge is 2.18. The Balaban J connectivity index is 1.79. The molecule has 0 atom stereocenters. The number of carbonyl (C=O) groups is 1. The van der Waals surface area contributed by atoms with Gasteiger partial charge in [-0.2, -0.15) is 0 Å². The number of aryl methyl sites for hydroxylation is 1. The van der Waals surface area contributed by atoms with Crippen LogP contribution in [0.4, 0.5) is 16.2 Å². The largest absolute Gasteiger partial charge is 0.371 e. The second kappa shape index (κ2) is 15.2. The first-order valence-electron chi connectivity index (χ1n) is 13.1. The number of sulfonamides is 1. The average Bonchev–Trinajstić information content (AvgIpc) is 2.78. The maximum Gasteiger partial charge on any atom is 0.332 e. The molecule has 2 amide bonds. The number of nitrogens with one attached hydrogen (secondary N) is 2. The molecule has 1 aromatic rings. The summed E-state index contributed by atoms with van der Waals surface area (Å²) in [7, 11) is -3.61. The van der Waals surface area contributed by atoms with Crippen LogP contribution in [0.3, 0.4) is 0 Å². The molecular weight excluding hydrogens is 434 g/mol. The summed E-state index contributed by atoms with van der Waals surface area (Å²) < 4.78 is 26.6. The Morgan fingerprint density at radius 3 is 2.24 bits per heavy atom. The average molecular weight is 480 g/mol. The number of carbonyl (C=O) groups excluding carboxylic acids is 1. The number of amides is 2. The van der Waals surface area contributed by atoms with Crippen LogP contribution in [0.1, 0.15) is 103 Å². The van der Waals surface area contributed by atoms with E-state index >= 15 is 0 Å². The van der Waals surface area contributed by atoms with E-state index in [0.29, 0.717) is 12.1 Å². The predicted octanol–water partition coefficient (Wildman–Crippen LogP) is 6.61. The summed E-state index contributed by atoms with van der Waals surface area (Å²) in [6, 6.07) is 5.24. The highest BCUT2D eigenvalue weighted by Crippen LogP contribution is 2.30. The lowest BCUT2D eigenvalue weighted by Gasteiger charge is -2.31. The van der Waals surface area contributed by atoms with Crippen molar-refractivity contribution in [2.75, 3.05) is 29.1 Å². The Labute approximate surface area is 202 Å². The molecule has 0 aliphatic carbocycles. The Hall–Kier alpha value is -1.76. The van der Waals surface area contributed by atoms with Crippen LogP contribution in [0.2, 0.25) is 0 Å². The Bertz CT molecular complexity index is 811. The van der Waals surface area contributed by atoms with E-state index in [1.165, 1.54) is 62.6 Å². The molecular formula is C26H45N3O3S. The van der Waals surface area contributed by atoms with E-state index in [1.54, 1.807) is 0 Å². The molecule has 7 heteroatoms. The number of anilines is 2. The molecule has 0 spiro atoms. The fraction of sp³-hybridized carbons (Fsp3) is 0.731.